The zero-order valence-electron chi connectivity index (χ0n) is 9.37. The van der Waals surface area contributed by atoms with E-state index in [1.54, 1.807) is 13.0 Å². The summed E-state index contributed by atoms with van der Waals surface area (Å²) >= 11 is 0. The highest BCUT2D eigenvalue weighted by molar-refractivity contribution is 5.78. The molecule has 1 rings (SSSR count). The number of hydrogen-bond donors (Lipinski definition) is 1. The lowest BCUT2D eigenvalue weighted by atomic mass is 9.69. The van der Waals surface area contributed by atoms with Crippen molar-refractivity contribution in [2.75, 3.05) is 6.61 Å². The van der Waals surface area contributed by atoms with Gasteiger partial charge < -0.3 is 9.84 Å². The van der Waals surface area contributed by atoms with Gasteiger partial charge in [-0.2, -0.15) is 0 Å². The highest BCUT2D eigenvalue weighted by atomic mass is 16.5. The number of aliphatic hydroxyl groups excluding tert-OH is 1. The van der Waals surface area contributed by atoms with Crippen molar-refractivity contribution in [1.82, 2.24) is 0 Å². The number of aliphatic hydroxyl groups is 1. The summed E-state index contributed by atoms with van der Waals surface area (Å²) in [5.74, 6) is -0.267. The van der Waals surface area contributed by atoms with Gasteiger partial charge in [0, 0.05) is 0 Å². The summed E-state index contributed by atoms with van der Waals surface area (Å²) in [5, 5.41) is 10.00. The molecule has 3 heteroatoms. The fourth-order valence-corrected chi connectivity index (χ4v) is 2.31. The maximum absolute atomic E-state index is 11.9. The minimum atomic E-state index is -0.726. The van der Waals surface area contributed by atoms with Crippen molar-refractivity contribution in [3.05, 3.63) is 12.7 Å². The van der Waals surface area contributed by atoms with Gasteiger partial charge in [-0.1, -0.05) is 18.9 Å². The van der Waals surface area contributed by atoms with Crippen LogP contribution >= 0.6 is 0 Å². The molecule has 0 radical (unpaired) electrons. The lowest BCUT2D eigenvalue weighted by Crippen LogP contribution is -2.45. The third-order valence-corrected chi connectivity index (χ3v) is 3.18. The van der Waals surface area contributed by atoms with E-state index in [4.69, 9.17) is 4.74 Å². The summed E-state index contributed by atoms with van der Waals surface area (Å²) in [5.41, 5.74) is -0.726. The fraction of sp³-hybridized carbons (Fsp3) is 0.750. The van der Waals surface area contributed by atoms with Crippen molar-refractivity contribution in [2.45, 2.75) is 45.1 Å². The van der Waals surface area contributed by atoms with Crippen LogP contribution in [0.1, 0.15) is 39.0 Å². The molecular formula is C12H20O3. The van der Waals surface area contributed by atoms with Crippen LogP contribution in [0, 0.1) is 5.41 Å². The van der Waals surface area contributed by atoms with E-state index in [0.717, 1.165) is 12.8 Å². The van der Waals surface area contributed by atoms with Crippen LogP contribution in [-0.4, -0.2) is 23.8 Å². The largest absolute Gasteiger partial charge is 0.465 e. The average molecular weight is 212 g/mol. The van der Waals surface area contributed by atoms with Crippen molar-refractivity contribution >= 4 is 5.97 Å². The van der Waals surface area contributed by atoms with Gasteiger partial charge in [-0.25, -0.2) is 0 Å². The summed E-state index contributed by atoms with van der Waals surface area (Å²) in [7, 11) is 0. The second-order valence-electron chi connectivity index (χ2n) is 4.13. The highest BCUT2D eigenvalue weighted by Gasteiger charge is 2.46. The summed E-state index contributed by atoms with van der Waals surface area (Å²) in [6, 6.07) is 0. The van der Waals surface area contributed by atoms with E-state index >= 15 is 0 Å². The summed E-state index contributed by atoms with van der Waals surface area (Å²) < 4.78 is 5.06. The zero-order chi connectivity index (χ0) is 11.3. The van der Waals surface area contributed by atoms with Crippen LogP contribution in [0.3, 0.4) is 0 Å². The van der Waals surface area contributed by atoms with Gasteiger partial charge in [-0.05, 0) is 26.2 Å². The lowest BCUT2D eigenvalue weighted by Gasteiger charge is -2.38. The molecule has 0 spiro atoms. The molecule has 0 aromatic carbocycles. The summed E-state index contributed by atoms with van der Waals surface area (Å²) in [4.78, 5) is 11.9. The van der Waals surface area contributed by atoms with Gasteiger partial charge in [0.05, 0.1) is 18.1 Å². The van der Waals surface area contributed by atoms with Crippen LogP contribution in [0.2, 0.25) is 0 Å². The van der Waals surface area contributed by atoms with Crippen LogP contribution in [-0.2, 0) is 9.53 Å². The molecule has 1 saturated carbocycles. The number of ether oxygens (including phenoxy) is 1. The van der Waals surface area contributed by atoms with Gasteiger partial charge in [-0.3, -0.25) is 4.79 Å². The number of carbonyl (C=O) groups is 1. The molecule has 2 atom stereocenters. The van der Waals surface area contributed by atoms with Gasteiger partial charge in [0.2, 0.25) is 0 Å². The first-order valence-electron chi connectivity index (χ1n) is 5.63. The SMILES string of the molecule is C=CC[C@]1(C(=O)OCC)CCCCC1O. The molecule has 1 N–H and O–H groups in total. The van der Waals surface area contributed by atoms with Crippen LogP contribution in [0.5, 0.6) is 0 Å². The van der Waals surface area contributed by atoms with Crippen molar-refractivity contribution in [2.24, 2.45) is 5.41 Å². The molecule has 1 unspecified atom stereocenters. The second kappa shape index (κ2) is 5.31. The summed E-state index contributed by atoms with van der Waals surface area (Å²) in [6.45, 7) is 5.81. The molecular weight excluding hydrogens is 192 g/mol. The van der Waals surface area contributed by atoms with Gasteiger partial charge in [-0.15, -0.1) is 6.58 Å². The Morgan fingerprint density at radius 1 is 1.67 bits per heavy atom. The minimum absolute atomic E-state index is 0.267. The van der Waals surface area contributed by atoms with Gasteiger partial charge in [0.1, 0.15) is 0 Å². The monoisotopic (exact) mass is 212 g/mol. The molecule has 3 nitrogen and oxygen atoms in total. The normalized spacial score (nSPS) is 30.9. The first-order valence-corrected chi connectivity index (χ1v) is 5.63. The first-order chi connectivity index (χ1) is 7.17. The topological polar surface area (TPSA) is 46.5 Å². The molecule has 1 aliphatic carbocycles. The highest BCUT2D eigenvalue weighted by Crippen LogP contribution is 2.41. The molecule has 0 bridgehead atoms. The van der Waals surface area contributed by atoms with Gasteiger partial charge >= 0.3 is 5.97 Å². The van der Waals surface area contributed by atoms with E-state index in [-0.39, 0.29) is 5.97 Å². The van der Waals surface area contributed by atoms with Crippen LogP contribution in [0.25, 0.3) is 0 Å². The Kier molecular flexibility index (Phi) is 4.33. The third kappa shape index (κ3) is 2.40. The van der Waals surface area contributed by atoms with Crippen molar-refractivity contribution in [3.63, 3.8) is 0 Å². The number of esters is 1. The molecule has 15 heavy (non-hydrogen) atoms. The van der Waals surface area contributed by atoms with E-state index in [9.17, 15) is 9.90 Å². The maximum atomic E-state index is 11.9. The van der Waals surface area contributed by atoms with Crippen LogP contribution in [0.15, 0.2) is 12.7 Å². The quantitative estimate of drug-likeness (QED) is 0.573. The third-order valence-electron chi connectivity index (χ3n) is 3.18. The number of carbonyl (C=O) groups excluding carboxylic acids is 1. The van der Waals surface area contributed by atoms with Gasteiger partial charge in [0.15, 0.2) is 0 Å². The predicted octanol–water partition coefficient (Wildman–Crippen LogP) is 2.05. The summed E-state index contributed by atoms with van der Waals surface area (Å²) in [6.07, 6.45) is 4.98. The minimum Gasteiger partial charge on any atom is -0.465 e. The first kappa shape index (κ1) is 12.2. The average Bonchev–Trinajstić information content (AvgIpc) is 2.22. The van der Waals surface area contributed by atoms with E-state index in [2.05, 4.69) is 6.58 Å². The number of rotatable bonds is 4. The second-order valence-corrected chi connectivity index (χ2v) is 4.13. The van der Waals surface area contributed by atoms with Gasteiger partial charge in [0.25, 0.3) is 0 Å². The molecule has 0 saturated heterocycles. The standard InChI is InChI=1S/C12H20O3/c1-3-8-12(11(14)15-4-2)9-6-5-7-10(12)13/h3,10,13H,1,4-9H2,2H3/t10?,12-/m0/s1. The fourth-order valence-electron chi connectivity index (χ4n) is 2.31. The Morgan fingerprint density at radius 2 is 2.40 bits per heavy atom. The molecule has 0 heterocycles. The molecule has 0 aliphatic heterocycles. The smallest absolute Gasteiger partial charge is 0.315 e. The Hall–Kier alpha value is -0.830. The number of hydrogen-bond acceptors (Lipinski definition) is 3. The Morgan fingerprint density at radius 3 is 2.93 bits per heavy atom. The van der Waals surface area contributed by atoms with Crippen LogP contribution in [0.4, 0.5) is 0 Å². The Labute approximate surface area is 91.1 Å². The molecule has 1 fully saturated rings. The zero-order valence-corrected chi connectivity index (χ0v) is 9.37. The molecule has 86 valence electrons. The molecule has 1 aliphatic rings. The lowest BCUT2D eigenvalue weighted by molar-refractivity contribution is -0.166. The van der Waals surface area contributed by atoms with E-state index < -0.39 is 11.5 Å². The van der Waals surface area contributed by atoms with Crippen molar-refractivity contribution < 1.29 is 14.6 Å². The van der Waals surface area contributed by atoms with Crippen molar-refractivity contribution in [1.29, 1.82) is 0 Å². The maximum Gasteiger partial charge on any atom is 0.315 e. The number of allylic oxidation sites excluding steroid dienone is 1. The Balaban J connectivity index is 2.84. The molecule has 0 aromatic heterocycles. The van der Waals surface area contributed by atoms with Crippen molar-refractivity contribution in [3.8, 4) is 0 Å². The van der Waals surface area contributed by atoms with E-state index in [0.29, 0.717) is 25.9 Å². The van der Waals surface area contributed by atoms with E-state index in [1.165, 1.54) is 0 Å². The molecule has 0 aromatic rings. The molecule has 0 amide bonds. The predicted molar refractivity (Wildman–Crippen MR) is 58.4 cm³/mol. The Bertz CT molecular complexity index is 237. The van der Waals surface area contributed by atoms with E-state index in [1.807, 2.05) is 0 Å². The van der Waals surface area contributed by atoms with Crippen LogP contribution < -0.4 is 0 Å².